The number of ether oxygens (including phenoxy) is 1. The van der Waals surface area contributed by atoms with E-state index in [9.17, 15) is 0 Å². The third-order valence-corrected chi connectivity index (χ3v) is 2.93. The van der Waals surface area contributed by atoms with Gasteiger partial charge in [0.25, 0.3) is 5.78 Å². The number of hydrazine groups is 1. The van der Waals surface area contributed by atoms with Crippen LogP contribution in [0.3, 0.4) is 0 Å². The molecule has 0 saturated carbocycles. The molecular weight excluding hydrogens is 232 g/mol. The Morgan fingerprint density at radius 1 is 1.44 bits per heavy atom. The van der Waals surface area contributed by atoms with Crippen molar-refractivity contribution in [3.63, 3.8) is 0 Å². The Bertz CT molecular complexity index is 531. The second-order valence-electron chi connectivity index (χ2n) is 4.10. The van der Waals surface area contributed by atoms with Crippen LogP contribution >= 0.6 is 0 Å². The predicted octanol–water partition coefficient (Wildman–Crippen LogP) is 0.0279. The van der Waals surface area contributed by atoms with Gasteiger partial charge in [-0.1, -0.05) is 6.92 Å². The van der Waals surface area contributed by atoms with Crippen molar-refractivity contribution in [1.29, 1.82) is 0 Å². The SMILES string of the molecule is CCc1cc(N2CCOCCN2)n2ncnc2n1. The molecule has 96 valence electrons. The van der Waals surface area contributed by atoms with Crippen LogP contribution in [0.1, 0.15) is 12.6 Å². The molecule has 1 N–H and O–H groups in total. The van der Waals surface area contributed by atoms with Gasteiger partial charge in [0.05, 0.1) is 19.8 Å². The molecule has 0 spiro atoms. The molecule has 0 atom stereocenters. The van der Waals surface area contributed by atoms with Crippen molar-refractivity contribution in [3.05, 3.63) is 18.1 Å². The first-order valence-corrected chi connectivity index (χ1v) is 6.17. The zero-order valence-electron chi connectivity index (χ0n) is 10.3. The fourth-order valence-corrected chi connectivity index (χ4v) is 2.00. The van der Waals surface area contributed by atoms with E-state index in [4.69, 9.17) is 4.74 Å². The van der Waals surface area contributed by atoms with Crippen molar-refractivity contribution in [3.8, 4) is 0 Å². The van der Waals surface area contributed by atoms with Gasteiger partial charge in [0.2, 0.25) is 0 Å². The summed E-state index contributed by atoms with van der Waals surface area (Å²) < 4.78 is 7.18. The smallest absolute Gasteiger partial charge is 0.254 e. The lowest BCUT2D eigenvalue weighted by molar-refractivity contribution is 0.158. The van der Waals surface area contributed by atoms with Crippen LogP contribution in [-0.2, 0) is 11.2 Å². The van der Waals surface area contributed by atoms with Crippen LogP contribution in [0.15, 0.2) is 12.4 Å². The van der Waals surface area contributed by atoms with E-state index in [0.29, 0.717) is 12.4 Å². The van der Waals surface area contributed by atoms with Crippen LogP contribution < -0.4 is 10.4 Å². The minimum absolute atomic E-state index is 0.635. The Morgan fingerprint density at radius 2 is 2.39 bits per heavy atom. The minimum Gasteiger partial charge on any atom is -0.378 e. The molecule has 18 heavy (non-hydrogen) atoms. The molecular formula is C11H16N6O. The second kappa shape index (κ2) is 4.87. The van der Waals surface area contributed by atoms with Gasteiger partial charge < -0.3 is 4.74 Å². The maximum absolute atomic E-state index is 5.43. The summed E-state index contributed by atoms with van der Waals surface area (Å²) in [7, 11) is 0. The molecule has 1 saturated heterocycles. The Morgan fingerprint density at radius 3 is 3.28 bits per heavy atom. The standard InChI is InChI=1S/C11H16N6O/c1-2-9-7-10(16-4-6-18-5-3-13-16)17-11(15-9)12-8-14-17/h7-8,13H,2-6H2,1H3. The lowest BCUT2D eigenvalue weighted by Gasteiger charge is -2.23. The van der Waals surface area contributed by atoms with Gasteiger partial charge in [-0.2, -0.15) is 14.6 Å². The molecule has 2 aromatic rings. The van der Waals surface area contributed by atoms with Crippen molar-refractivity contribution in [1.82, 2.24) is 25.0 Å². The number of nitrogens with one attached hydrogen (secondary N) is 1. The fourth-order valence-electron chi connectivity index (χ4n) is 2.00. The lowest BCUT2D eigenvalue weighted by Crippen LogP contribution is -2.40. The van der Waals surface area contributed by atoms with E-state index in [1.54, 1.807) is 4.52 Å². The third kappa shape index (κ3) is 2.02. The first-order valence-electron chi connectivity index (χ1n) is 6.17. The molecule has 3 heterocycles. The molecule has 0 radical (unpaired) electrons. The molecule has 7 nitrogen and oxygen atoms in total. The summed E-state index contributed by atoms with van der Waals surface area (Å²) >= 11 is 0. The Labute approximate surface area is 105 Å². The highest BCUT2D eigenvalue weighted by atomic mass is 16.5. The largest absolute Gasteiger partial charge is 0.378 e. The second-order valence-corrected chi connectivity index (χ2v) is 4.10. The zero-order chi connectivity index (χ0) is 12.4. The van der Waals surface area contributed by atoms with Crippen LogP contribution in [-0.4, -0.2) is 45.9 Å². The summed E-state index contributed by atoms with van der Waals surface area (Å²) in [4.78, 5) is 8.60. The van der Waals surface area contributed by atoms with Crippen LogP contribution in [0.5, 0.6) is 0 Å². The van der Waals surface area contributed by atoms with Crippen molar-refractivity contribution >= 4 is 11.6 Å². The lowest BCUT2D eigenvalue weighted by atomic mass is 10.3. The topological polar surface area (TPSA) is 67.6 Å². The third-order valence-electron chi connectivity index (χ3n) is 2.93. The highest BCUT2D eigenvalue weighted by molar-refractivity contribution is 5.46. The number of aromatic nitrogens is 4. The quantitative estimate of drug-likeness (QED) is 0.808. The molecule has 0 bridgehead atoms. The number of hydrogen-bond acceptors (Lipinski definition) is 6. The van der Waals surface area contributed by atoms with Gasteiger partial charge in [-0.05, 0) is 6.42 Å². The molecule has 2 aromatic heterocycles. The van der Waals surface area contributed by atoms with E-state index >= 15 is 0 Å². The number of hydrogen-bond donors (Lipinski definition) is 1. The molecule has 1 aliphatic rings. The van der Waals surface area contributed by atoms with E-state index < -0.39 is 0 Å². The van der Waals surface area contributed by atoms with Crippen molar-refractivity contribution in [2.45, 2.75) is 13.3 Å². The van der Waals surface area contributed by atoms with E-state index in [1.165, 1.54) is 6.33 Å². The predicted molar refractivity (Wildman–Crippen MR) is 66.3 cm³/mol. The van der Waals surface area contributed by atoms with Crippen molar-refractivity contribution < 1.29 is 4.74 Å². The fraction of sp³-hybridized carbons (Fsp3) is 0.545. The Hall–Kier alpha value is -1.73. The average Bonchev–Trinajstić information content (AvgIpc) is 2.70. The molecule has 1 fully saturated rings. The van der Waals surface area contributed by atoms with Crippen LogP contribution in [0.4, 0.5) is 5.82 Å². The van der Waals surface area contributed by atoms with E-state index in [1.807, 2.05) is 6.07 Å². The van der Waals surface area contributed by atoms with E-state index in [0.717, 1.165) is 37.6 Å². The van der Waals surface area contributed by atoms with Crippen LogP contribution in [0.2, 0.25) is 0 Å². The van der Waals surface area contributed by atoms with Gasteiger partial charge in [-0.25, -0.2) is 10.4 Å². The van der Waals surface area contributed by atoms with Crippen molar-refractivity contribution in [2.75, 3.05) is 31.3 Å². The average molecular weight is 248 g/mol. The number of anilines is 1. The maximum Gasteiger partial charge on any atom is 0.254 e. The molecule has 0 unspecified atom stereocenters. The Kier molecular flexibility index (Phi) is 3.07. The van der Waals surface area contributed by atoms with Gasteiger partial charge in [0, 0.05) is 18.3 Å². The number of nitrogens with zero attached hydrogens (tertiary/aromatic N) is 5. The molecule has 0 aromatic carbocycles. The summed E-state index contributed by atoms with van der Waals surface area (Å²) in [5, 5.41) is 6.27. The highest BCUT2D eigenvalue weighted by Crippen LogP contribution is 2.15. The van der Waals surface area contributed by atoms with Gasteiger partial charge >= 0.3 is 0 Å². The molecule has 0 aliphatic carbocycles. The first-order chi connectivity index (χ1) is 8.88. The van der Waals surface area contributed by atoms with Crippen molar-refractivity contribution in [2.24, 2.45) is 0 Å². The normalized spacial score (nSPS) is 17.1. The van der Waals surface area contributed by atoms with Crippen LogP contribution in [0.25, 0.3) is 5.78 Å². The number of fused-ring (bicyclic) bond motifs is 1. The molecule has 1 aliphatic heterocycles. The zero-order valence-corrected chi connectivity index (χ0v) is 10.3. The maximum atomic E-state index is 5.43. The van der Waals surface area contributed by atoms with E-state index in [-0.39, 0.29) is 0 Å². The summed E-state index contributed by atoms with van der Waals surface area (Å²) in [6.45, 7) is 5.08. The molecule has 7 heteroatoms. The van der Waals surface area contributed by atoms with Gasteiger partial charge in [0.15, 0.2) is 0 Å². The number of rotatable bonds is 2. The monoisotopic (exact) mass is 248 g/mol. The highest BCUT2D eigenvalue weighted by Gasteiger charge is 2.15. The van der Waals surface area contributed by atoms with Crippen LogP contribution in [0, 0.1) is 0 Å². The number of aryl methyl sites for hydroxylation is 1. The summed E-state index contributed by atoms with van der Waals surface area (Å²) in [5.74, 6) is 1.59. The Balaban J connectivity index is 2.04. The summed E-state index contributed by atoms with van der Waals surface area (Å²) in [6, 6.07) is 2.04. The first kappa shape index (κ1) is 11.4. The van der Waals surface area contributed by atoms with E-state index in [2.05, 4.69) is 32.4 Å². The summed E-state index contributed by atoms with van der Waals surface area (Å²) in [6.07, 6.45) is 2.40. The van der Waals surface area contributed by atoms with Gasteiger partial charge in [-0.3, -0.25) is 5.01 Å². The van der Waals surface area contributed by atoms with Gasteiger partial charge in [0.1, 0.15) is 12.1 Å². The molecule has 3 rings (SSSR count). The molecule has 0 amide bonds. The summed E-state index contributed by atoms with van der Waals surface area (Å²) in [5.41, 5.74) is 4.33. The van der Waals surface area contributed by atoms with Gasteiger partial charge in [-0.15, -0.1) is 0 Å². The minimum atomic E-state index is 0.635.